The van der Waals surface area contributed by atoms with Crippen molar-refractivity contribution in [2.24, 2.45) is 0 Å². The number of pyridine rings is 1. The SMILES string of the molecule is CCCC(CC)Nc1[c]nc2ccccc2c1. The lowest BCUT2D eigenvalue weighted by molar-refractivity contribution is 0.622. The zero-order valence-electron chi connectivity index (χ0n) is 10.5. The Kier molecular flexibility index (Phi) is 3.97. The van der Waals surface area contributed by atoms with Gasteiger partial charge in [-0.15, -0.1) is 0 Å². The summed E-state index contributed by atoms with van der Waals surface area (Å²) in [5.74, 6) is 0. The Bertz CT molecular complexity index is 479. The van der Waals surface area contributed by atoms with Gasteiger partial charge in [-0.2, -0.15) is 0 Å². The molecule has 1 aromatic heterocycles. The third-order valence-corrected chi connectivity index (χ3v) is 3.02. The first-order chi connectivity index (χ1) is 8.33. The van der Waals surface area contributed by atoms with E-state index >= 15 is 0 Å². The summed E-state index contributed by atoms with van der Waals surface area (Å²) >= 11 is 0. The zero-order valence-corrected chi connectivity index (χ0v) is 10.5. The van der Waals surface area contributed by atoms with Gasteiger partial charge in [0.1, 0.15) is 6.20 Å². The molecular weight excluding hydrogens is 208 g/mol. The molecule has 2 rings (SSSR count). The highest BCUT2D eigenvalue weighted by Crippen LogP contribution is 2.17. The molecule has 1 unspecified atom stereocenters. The standard InChI is InChI=1S/C15H19N2/c1-3-7-13(4-2)17-14-10-12-8-5-6-9-15(12)16-11-14/h5-6,8-10,13,17H,3-4,7H2,1-2H3. The number of nitrogens with one attached hydrogen (secondary N) is 1. The second kappa shape index (κ2) is 5.67. The molecule has 0 aliphatic carbocycles. The lowest BCUT2D eigenvalue weighted by atomic mass is 10.1. The van der Waals surface area contributed by atoms with E-state index in [4.69, 9.17) is 0 Å². The van der Waals surface area contributed by atoms with Crippen LogP contribution in [0.15, 0.2) is 30.3 Å². The van der Waals surface area contributed by atoms with Gasteiger partial charge in [0.2, 0.25) is 0 Å². The maximum Gasteiger partial charge on any atom is 0.115 e. The molecule has 1 radical (unpaired) electrons. The molecule has 1 heterocycles. The normalized spacial score (nSPS) is 12.6. The molecule has 0 saturated carbocycles. The predicted molar refractivity (Wildman–Crippen MR) is 73.2 cm³/mol. The Balaban J connectivity index is 2.18. The van der Waals surface area contributed by atoms with Gasteiger partial charge < -0.3 is 5.32 Å². The van der Waals surface area contributed by atoms with Crippen molar-refractivity contribution in [3.05, 3.63) is 36.5 Å². The average Bonchev–Trinajstić information content (AvgIpc) is 2.38. The molecule has 17 heavy (non-hydrogen) atoms. The van der Waals surface area contributed by atoms with E-state index in [2.05, 4.69) is 42.5 Å². The molecule has 1 N–H and O–H groups in total. The van der Waals surface area contributed by atoms with E-state index in [1.165, 1.54) is 18.2 Å². The van der Waals surface area contributed by atoms with Gasteiger partial charge in [-0.25, -0.2) is 4.98 Å². The van der Waals surface area contributed by atoms with Crippen LogP contribution in [0.4, 0.5) is 5.69 Å². The van der Waals surface area contributed by atoms with Gasteiger partial charge in [0.25, 0.3) is 0 Å². The summed E-state index contributed by atoms with van der Waals surface area (Å²) in [7, 11) is 0. The van der Waals surface area contributed by atoms with Gasteiger partial charge in [-0.3, -0.25) is 0 Å². The summed E-state index contributed by atoms with van der Waals surface area (Å²) in [5, 5.41) is 4.67. The van der Waals surface area contributed by atoms with E-state index < -0.39 is 0 Å². The molecule has 0 fully saturated rings. The van der Waals surface area contributed by atoms with Gasteiger partial charge in [-0.05, 0) is 25.0 Å². The third-order valence-electron chi connectivity index (χ3n) is 3.02. The summed E-state index contributed by atoms with van der Waals surface area (Å²) in [6.45, 7) is 4.43. The number of nitrogens with zero attached hydrogens (tertiary/aromatic N) is 1. The maximum atomic E-state index is 4.34. The van der Waals surface area contributed by atoms with Crippen LogP contribution in [0, 0.1) is 6.20 Å². The van der Waals surface area contributed by atoms with Crippen molar-refractivity contribution >= 4 is 16.6 Å². The maximum absolute atomic E-state index is 4.34. The van der Waals surface area contributed by atoms with Crippen molar-refractivity contribution in [1.29, 1.82) is 0 Å². The monoisotopic (exact) mass is 227 g/mol. The van der Waals surface area contributed by atoms with Crippen LogP contribution in [0.25, 0.3) is 10.9 Å². The van der Waals surface area contributed by atoms with Gasteiger partial charge in [-0.1, -0.05) is 38.5 Å². The van der Waals surface area contributed by atoms with Crippen LogP contribution in [-0.4, -0.2) is 11.0 Å². The van der Waals surface area contributed by atoms with Crippen LogP contribution in [-0.2, 0) is 0 Å². The van der Waals surface area contributed by atoms with Crippen molar-refractivity contribution in [3.63, 3.8) is 0 Å². The lowest BCUT2D eigenvalue weighted by Crippen LogP contribution is -2.18. The van der Waals surface area contributed by atoms with Crippen molar-refractivity contribution in [2.75, 3.05) is 5.32 Å². The molecule has 2 heteroatoms. The number of hydrogen-bond donors (Lipinski definition) is 1. The highest BCUT2D eigenvalue weighted by atomic mass is 14.9. The highest BCUT2D eigenvalue weighted by molar-refractivity contribution is 5.81. The molecule has 1 aromatic carbocycles. The fourth-order valence-electron chi connectivity index (χ4n) is 2.04. The number of hydrogen-bond acceptors (Lipinski definition) is 2. The molecule has 0 bridgehead atoms. The van der Waals surface area contributed by atoms with Crippen LogP contribution < -0.4 is 5.32 Å². The fourth-order valence-corrected chi connectivity index (χ4v) is 2.04. The number of rotatable bonds is 5. The number of anilines is 1. The zero-order chi connectivity index (χ0) is 12.1. The van der Waals surface area contributed by atoms with Crippen molar-refractivity contribution in [1.82, 2.24) is 4.98 Å². The largest absolute Gasteiger partial charge is 0.380 e. The Hall–Kier alpha value is -1.57. The topological polar surface area (TPSA) is 24.9 Å². The molecule has 0 aliphatic heterocycles. The molecular formula is C15H19N2. The van der Waals surface area contributed by atoms with Crippen LogP contribution in [0.2, 0.25) is 0 Å². The first kappa shape index (κ1) is 11.9. The van der Waals surface area contributed by atoms with Crippen molar-refractivity contribution in [2.45, 2.75) is 39.2 Å². The Morgan fingerprint density at radius 1 is 1.29 bits per heavy atom. The third kappa shape index (κ3) is 2.96. The minimum atomic E-state index is 0.527. The Morgan fingerprint density at radius 2 is 2.12 bits per heavy atom. The minimum absolute atomic E-state index is 0.527. The first-order valence-electron chi connectivity index (χ1n) is 6.37. The molecule has 2 nitrogen and oxygen atoms in total. The van der Waals surface area contributed by atoms with E-state index in [1.807, 2.05) is 18.2 Å². The number of fused-ring (bicyclic) bond motifs is 1. The van der Waals surface area contributed by atoms with Gasteiger partial charge in [0, 0.05) is 11.4 Å². The summed E-state index contributed by atoms with van der Waals surface area (Å²) < 4.78 is 0. The van der Waals surface area contributed by atoms with Gasteiger partial charge in [0.15, 0.2) is 0 Å². The molecule has 2 aromatic rings. The van der Waals surface area contributed by atoms with Gasteiger partial charge >= 0.3 is 0 Å². The van der Waals surface area contributed by atoms with Crippen LogP contribution in [0.5, 0.6) is 0 Å². The number of para-hydroxylation sites is 1. The summed E-state index contributed by atoms with van der Waals surface area (Å²) in [6, 6.07) is 10.8. The Morgan fingerprint density at radius 3 is 2.88 bits per heavy atom. The quantitative estimate of drug-likeness (QED) is 0.834. The molecule has 0 saturated heterocycles. The van der Waals surface area contributed by atoms with Crippen LogP contribution in [0.3, 0.4) is 0 Å². The fraction of sp³-hybridized carbons (Fsp3) is 0.400. The van der Waals surface area contributed by atoms with Crippen LogP contribution in [0.1, 0.15) is 33.1 Å². The Labute approximate surface area is 103 Å². The molecule has 0 spiro atoms. The van der Waals surface area contributed by atoms with Crippen molar-refractivity contribution < 1.29 is 0 Å². The second-order valence-electron chi connectivity index (χ2n) is 4.38. The molecule has 89 valence electrons. The predicted octanol–water partition coefficient (Wildman–Crippen LogP) is 4.03. The lowest BCUT2D eigenvalue weighted by Gasteiger charge is -2.17. The van der Waals surface area contributed by atoms with Crippen molar-refractivity contribution in [3.8, 4) is 0 Å². The molecule has 0 amide bonds. The summed E-state index contributed by atoms with van der Waals surface area (Å²) in [5.41, 5.74) is 2.01. The smallest absolute Gasteiger partial charge is 0.115 e. The minimum Gasteiger partial charge on any atom is -0.380 e. The van der Waals surface area contributed by atoms with Gasteiger partial charge in [0.05, 0.1) is 11.2 Å². The van der Waals surface area contributed by atoms with E-state index in [0.29, 0.717) is 6.04 Å². The number of benzene rings is 1. The second-order valence-corrected chi connectivity index (χ2v) is 4.38. The molecule has 0 aliphatic rings. The van der Waals surface area contributed by atoms with E-state index in [9.17, 15) is 0 Å². The number of aromatic nitrogens is 1. The average molecular weight is 227 g/mol. The summed E-state index contributed by atoms with van der Waals surface area (Å²) in [4.78, 5) is 4.34. The molecule has 1 atom stereocenters. The highest BCUT2D eigenvalue weighted by Gasteiger charge is 2.05. The van der Waals surface area contributed by atoms with Crippen LogP contribution >= 0.6 is 0 Å². The first-order valence-corrected chi connectivity index (χ1v) is 6.37. The van der Waals surface area contributed by atoms with E-state index in [0.717, 1.165) is 17.6 Å². The van der Waals surface area contributed by atoms with E-state index in [-0.39, 0.29) is 0 Å². The summed E-state index contributed by atoms with van der Waals surface area (Å²) in [6.07, 6.45) is 6.60. The van der Waals surface area contributed by atoms with E-state index in [1.54, 1.807) is 0 Å².